The van der Waals surface area contributed by atoms with Gasteiger partial charge in [0.1, 0.15) is 0 Å². The van der Waals surface area contributed by atoms with Crippen LogP contribution in [0.25, 0.3) is 0 Å². The molecule has 0 saturated carbocycles. The number of nitrogens with one attached hydrogen (secondary N) is 1. The predicted octanol–water partition coefficient (Wildman–Crippen LogP) is 5.67. The van der Waals surface area contributed by atoms with Crippen molar-refractivity contribution in [1.29, 1.82) is 0 Å². The number of carbonyl (C=O) groups excluding carboxylic acids is 1. The lowest BCUT2D eigenvalue weighted by atomic mass is 9.99. The highest BCUT2D eigenvalue weighted by molar-refractivity contribution is 7.98. The number of sulfonamides is 1. The second kappa shape index (κ2) is 10.7. The molecule has 5 nitrogen and oxygen atoms in total. The Labute approximate surface area is 204 Å². The molecule has 1 heterocycles. The molecule has 1 N–H and O–H groups in total. The standard InChI is InChI=1S/C25H25ClN2O3S2/c26-21-14-12-19(13-15-21)18-32-24-11-5-4-10-23(24)27-25(29)20-7-6-16-28(17-20)33(30,31)22-8-2-1-3-9-22/h1-5,8-15,20H,6-7,16-18H2,(H,27,29)/t20-/m0/s1. The summed E-state index contributed by atoms with van der Waals surface area (Å²) in [6.45, 7) is 0.609. The van der Waals surface area contributed by atoms with Crippen molar-refractivity contribution in [3.63, 3.8) is 0 Å². The summed E-state index contributed by atoms with van der Waals surface area (Å²) in [4.78, 5) is 14.3. The molecule has 0 aliphatic carbocycles. The van der Waals surface area contributed by atoms with Crippen LogP contribution in [0.5, 0.6) is 0 Å². The van der Waals surface area contributed by atoms with Gasteiger partial charge in [0, 0.05) is 28.8 Å². The smallest absolute Gasteiger partial charge is 0.243 e. The van der Waals surface area contributed by atoms with Gasteiger partial charge >= 0.3 is 0 Å². The Morgan fingerprint density at radius 3 is 2.45 bits per heavy atom. The van der Waals surface area contributed by atoms with E-state index >= 15 is 0 Å². The highest BCUT2D eigenvalue weighted by atomic mass is 35.5. The number of nitrogens with zero attached hydrogens (tertiary/aromatic N) is 1. The quantitative estimate of drug-likeness (QED) is 0.424. The van der Waals surface area contributed by atoms with Gasteiger partial charge in [-0.15, -0.1) is 11.8 Å². The van der Waals surface area contributed by atoms with Gasteiger partial charge < -0.3 is 5.32 Å². The van der Waals surface area contributed by atoms with Crippen LogP contribution < -0.4 is 5.32 Å². The fourth-order valence-corrected chi connectivity index (χ4v) is 6.42. The number of rotatable bonds is 7. The number of amides is 1. The van der Waals surface area contributed by atoms with Gasteiger partial charge in [-0.3, -0.25) is 4.79 Å². The van der Waals surface area contributed by atoms with E-state index in [0.29, 0.717) is 24.4 Å². The summed E-state index contributed by atoms with van der Waals surface area (Å²) in [5.74, 6) is 0.199. The Balaban J connectivity index is 1.42. The molecule has 1 saturated heterocycles. The maximum Gasteiger partial charge on any atom is 0.243 e. The maximum absolute atomic E-state index is 13.1. The minimum atomic E-state index is -3.61. The van der Waals surface area contributed by atoms with Gasteiger partial charge in [-0.1, -0.05) is 54.1 Å². The molecule has 1 atom stereocenters. The van der Waals surface area contributed by atoms with Crippen molar-refractivity contribution >= 4 is 45.0 Å². The van der Waals surface area contributed by atoms with E-state index in [9.17, 15) is 13.2 Å². The fourth-order valence-electron chi connectivity index (χ4n) is 3.79. The second-order valence-corrected chi connectivity index (χ2v) is 11.3. The average Bonchev–Trinajstić information content (AvgIpc) is 2.85. The normalized spacial score (nSPS) is 16.9. The molecular weight excluding hydrogens is 476 g/mol. The molecule has 172 valence electrons. The van der Waals surface area contributed by atoms with Gasteiger partial charge in [-0.05, 0) is 54.8 Å². The van der Waals surface area contributed by atoms with Crippen molar-refractivity contribution in [2.45, 2.75) is 28.4 Å². The van der Waals surface area contributed by atoms with E-state index in [0.717, 1.165) is 21.9 Å². The van der Waals surface area contributed by atoms with Crippen LogP contribution in [0.15, 0.2) is 88.7 Å². The molecule has 1 amide bonds. The number of para-hydroxylation sites is 1. The molecule has 1 aliphatic rings. The second-order valence-electron chi connectivity index (χ2n) is 7.92. The van der Waals surface area contributed by atoms with Crippen molar-refractivity contribution in [3.8, 4) is 0 Å². The largest absolute Gasteiger partial charge is 0.325 e. The third kappa shape index (κ3) is 5.98. The van der Waals surface area contributed by atoms with Crippen LogP contribution in [0.2, 0.25) is 5.02 Å². The molecule has 0 aromatic heterocycles. The number of piperidine rings is 1. The highest BCUT2D eigenvalue weighted by Gasteiger charge is 2.33. The predicted molar refractivity (Wildman–Crippen MR) is 134 cm³/mol. The molecule has 1 fully saturated rings. The van der Waals surface area contributed by atoms with E-state index < -0.39 is 15.9 Å². The van der Waals surface area contributed by atoms with Crippen LogP contribution in [-0.2, 0) is 20.6 Å². The minimum absolute atomic E-state index is 0.150. The van der Waals surface area contributed by atoms with Gasteiger partial charge in [0.2, 0.25) is 15.9 Å². The van der Waals surface area contributed by atoms with Gasteiger partial charge in [-0.2, -0.15) is 4.31 Å². The van der Waals surface area contributed by atoms with Gasteiger partial charge in [0.25, 0.3) is 0 Å². The number of halogens is 1. The molecule has 0 radical (unpaired) electrons. The Morgan fingerprint density at radius 1 is 1.00 bits per heavy atom. The van der Waals surface area contributed by atoms with Crippen LogP contribution in [0.4, 0.5) is 5.69 Å². The lowest BCUT2D eigenvalue weighted by Crippen LogP contribution is -2.43. The third-order valence-electron chi connectivity index (χ3n) is 5.59. The first-order valence-electron chi connectivity index (χ1n) is 10.8. The third-order valence-corrected chi connectivity index (χ3v) is 8.86. The highest BCUT2D eigenvalue weighted by Crippen LogP contribution is 2.31. The number of hydrogen-bond acceptors (Lipinski definition) is 4. The van der Waals surface area contributed by atoms with Crippen LogP contribution in [0.3, 0.4) is 0 Å². The topological polar surface area (TPSA) is 66.5 Å². The summed E-state index contributed by atoms with van der Waals surface area (Å²) in [6, 6.07) is 23.8. The first-order chi connectivity index (χ1) is 15.9. The summed E-state index contributed by atoms with van der Waals surface area (Å²) >= 11 is 7.60. The van der Waals surface area contributed by atoms with Gasteiger partial charge in [0.15, 0.2) is 0 Å². The number of carbonyl (C=O) groups is 1. The molecule has 33 heavy (non-hydrogen) atoms. The van der Waals surface area contributed by atoms with E-state index in [1.54, 1.807) is 42.1 Å². The SMILES string of the molecule is O=C(Nc1ccccc1SCc1ccc(Cl)cc1)[C@H]1CCCN(S(=O)(=O)c2ccccc2)C1. The van der Waals surface area contributed by atoms with Crippen molar-refractivity contribution < 1.29 is 13.2 Å². The molecule has 3 aromatic carbocycles. The van der Waals surface area contributed by atoms with Gasteiger partial charge in [-0.25, -0.2) is 8.42 Å². The van der Waals surface area contributed by atoms with Crippen LogP contribution in [0, 0.1) is 5.92 Å². The molecule has 0 unspecified atom stereocenters. The van der Waals surface area contributed by atoms with Crippen molar-refractivity contribution in [2.24, 2.45) is 5.92 Å². The summed E-state index contributed by atoms with van der Waals surface area (Å²) in [5.41, 5.74) is 1.88. The Kier molecular flexibility index (Phi) is 7.75. The van der Waals surface area contributed by atoms with Crippen molar-refractivity contribution in [3.05, 3.63) is 89.4 Å². The first-order valence-corrected chi connectivity index (χ1v) is 13.6. The summed E-state index contributed by atoms with van der Waals surface area (Å²) in [7, 11) is -3.61. The maximum atomic E-state index is 13.1. The molecule has 1 aliphatic heterocycles. The van der Waals surface area contributed by atoms with E-state index in [4.69, 9.17) is 11.6 Å². The summed E-state index contributed by atoms with van der Waals surface area (Å²) in [6.07, 6.45) is 1.31. The number of hydrogen-bond donors (Lipinski definition) is 1. The molecule has 4 rings (SSSR count). The Bertz CT molecular complexity index is 1200. The van der Waals surface area contributed by atoms with Gasteiger partial charge in [0.05, 0.1) is 16.5 Å². The zero-order valence-electron chi connectivity index (χ0n) is 18.0. The minimum Gasteiger partial charge on any atom is -0.325 e. The zero-order valence-corrected chi connectivity index (χ0v) is 20.4. The molecular formula is C25H25ClN2O3S2. The zero-order chi connectivity index (χ0) is 23.3. The van der Waals surface area contributed by atoms with Crippen LogP contribution in [-0.4, -0.2) is 31.7 Å². The lowest BCUT2D eigenvalue weighted by Gasteiger charge is -2.31. The first kappa shape index (κ1) is 23.8. The number of anilines is 1. The molecule has 0 spiro atoms. The number of thioether (sulfide) groups is 1. The van der Waals surface area contributed by atoms with Crippen LogP contribution >= 0.6 is 23.4 Å². The lowest BCUT2D eigenvalue weighted by molar-refractivity contribution is -0.120. The monoisotopic (exact) mass is 500 g/mol. The molecule has 0 bridgehead atoms. The Morgan fingerprint density at radius 2 is 1.70 bits per heavy atom. The van der Waals surface area contributed by atoms with E-state index in [1.165, 1.54) is 4.31 Å². The fraction of sp³-hybridized carbons (Fsp3) is 0.240. The van der Waals surface area contributed by atoms with Crippen molar-refractivity contribution in [1.82, 2.24) is 4.31 Å². The van der Waals surface area contributed by atoms with E-state index in [-0.39, 0.29) is 17.3 Å². The van der Waals surface area contributed by atoms with E-state index in [2.05, 4.69) is 5.32 Å². The molecule has 3 aromatic rings. The average molecular weight is 501 g/mol. The summed E-state index contributed by atoms with van der Waals surface area (Å²) < 4.78 is 27.4. The number of benzene rings is 3. The van der Waals surface area contributed by atoms with Crippen LogP contribution in [0.1, 0.15) is 18.4 Å². The van der Waals surface area contributed by atoms with E-state index in [1.807, 2.05) is 48.5 Å². The Hall–Kier alpha value is -2.32. The van der Waals surface area contributed by atoms with Crippen molar-refractivity contribution in [2.75, 3.05) is 18.4 Å². The summed E-state index contributed by atoms with van der Waals surface area (Å²) in [5, 5.41) is 3.74. The molecule has 8 heteroatoms.